The lowest BCUT2D eigenvalue weighted by atomic mass is 10.1. The monoisotopic (exact) mass is 366 g/mol. The first-order chi connectivity index (χ1) is 12.0. The summed E-state index contributed by atoms with van der Waals surface area (Å²) < 4.78 is 31.8. The van der Waals surface area contributed by atoms with Crippen LogP contribution in [0.4, 0.5) is 19.3 Å². The van der Waals surface area contributed by atoms with Gasteiger partial charge >= 0.3 is 6.03 Å². The highest BCUT2D eigenvalue weighted by Crippen LogP contribution is 2.22. The van der Waals surface area contributed by atoms with E-state index in [4.69, 9.17) is 16.3 Å². The van der Waals surface area contributed by atoms with Crippen molar-refractivity contribution >= 4 is 23.3 Å². The summed E-state index contributed by atoms with van der Waals surface area (Å²) in [7, 11) is 0. The minimum atomic E-state index is -0.933. The van der Waals surface area contributed by atoms with E-state index in [2.05, 4.69) is 5.32 Å². The normalized spacial score (nSPS) is 15.1. The average molecular weight is 367 g/mol. The number of carbonyl (C=O) groups excluding carboxylic acids is 1. The molecule has 2 amide bonds. The van der Waals surface area contributed by atoms with Crippen molar-refractivity contribution in [3.8, 4) is 5.75 Å². The molecule has 1 saturated heterocycles. The van der Waals surface area contributed by atoms with Crippen molar-refractivity contribution in [3.63, 3.8) is 0 Å². The predicted molar refractivity (Wildman–Crippen MR) is 92.1 cm³/mol. The molecule has 1 N–H and O–H groups in total. The van der Waals surface area contributed by atoms with Crippen LogP contribution in [-0.2, 0) is 0 Å². The number of amides is 2. The van der Waals surface area contributed by atoms with Crippen LogP contribution >= 0.6 is 11.6 Å². The molecule has 1 aliphatic heterocycles. The Morgan fingerprint density at radius 1 is 1.08 bits per heavy atom. The van der Waals surface area contributed by atoms with Gasteiger partial charge in [-0.15, -0.1) is 0 Å². The van der Waals surface area contributed by atoms with Gasteiger partial charge in [0.05, 0.1) is 0 Å². The third kappa shape index (κ3) is 4.60. The number of nitrogens with zero attached hydrogens (tertiary/aromatic N) is 1. The zero-order valence-corrected chi connectivity index (χ0v) is 14.1. The van der Waals surface area contributed by atoms with Gasteiger partial charge in [-0.3, -0.25) is 0 Å². The van der Waals surface area contributed by atoms with Gasteiger partial charge in [-0.05, 0) is 36.4 Å². The average Bonchev–Trinajstić information content (AvgIpc) is 2.61. The number of carbonyl (C=O) groups is 1. The lowest BCUT2D eigenvalue weighted by Crippen LogP contribution is -2.43. The van der Waals surface area contributed by atoms with Crippen LogP contribution < -0.4 is 10.1 Å². The number of piperidine rings is 1. The smallest absolute Gasteiger partial charge is 0.321 e. The first-order valence-electron chi connectivity index (χ1n) is 7.94. The van der Waals surface area contributed by atoms with Crippen LogP contribution in [0.2, 0.25) is 5.02 Å². The number of likely N-dealkylation sites (tertiary alicyclic amines) is 1. The van der Waals surface area contributed by atoms with Crippen LogP contribution in [0.15, 0.2) is 42.5 Å². The summed E-state index contributed by atoms with van der Waals surface area (Å²) in [5.74, 6) is -1.54. The first kappa shape index (κ1) is 17.5. The number of rotatable bonds is 3. The third-order valence-corrected chi connectivity index (χ3v) is 4.27. The summed E-state index contributed by atoms with van der Waals surface area (Å²) in [6.45, 7) is 1.04. The number of anilines is 1. The van der Waals surface area contributed by atoms with E-state index >= 15 is 0 Å². The molecule has 25 heavy (non-hydrogen) atoms. The van der Waals surface area contributed by atoms with Gasteiger partial charge in [-0.1, -0.05) is 11.6 Å². The number of halogens is 3. The number of ether oxygens (including phenoxy) is 1. The minimum Gasteiger partial charge on any atom is -0.490 e. The Morgan fingerprint density at radius 3 is 2.40 bits per heavy atom. The molecular formula is C18H17ClF2N2O2. The number of nitrogens with one attached hydrogen (secondary N) is 1. The lowest BCUT2D eigenvalue weighted by molar-refractivity contribution is 0.115. The summed E-state index contributed by atoms with van der Waals surface area (Å²) in [5.41, 5.74) is 0.676. The minimum absolute atomic E-state index is 0.135. The third-order valence-electron chi connectivity index (χ3n) is 4.02. The van der Waals surface area contributed by atoms with Crippen molar-refractivity contribution in [3.05, 3.63) is 59.1 Å². The molecule has 1 heterocycles. The molecule has 3 rings (SSSR count). The Kier molecular flexibility index (Phi) is 5.38. The molecule has 132 valence electrons. The van der Waals surface area contributed by atoms with Gasteiger partial charge in [-0.2, -0.15) is 0 Å². The van der Waals surface area contributed by atoms with Gasteiger partial charge in [0.1, 0.15) is 11.9 Å². The first-order valence-corrected chi connectivity index (χ1v) is 8.32. The molecule has 0 aliphatic carbocycles. The van der Waals surface area contributed by atoms with Crippen molar-refractivity contribution in [2.75, 3.05) is 18.4 Å². The highest BCUT2D eigenvalue weighted by atomic mass is 35.5. The fourth-order valence-corrected chi connectivity index (χ4v) is 2.78. The zero-order valence-electron chi connectivity index (χ0n) is 13.3. The second-order valence-corrected chi connectivity index (χ2v) is 6.25. The van der Waals surface area contributed by atoms with E-state index in [9.17, 15) is 13.6 Å². The fraction of sp³-hybridized carbons (Fsp3) is 0.278. The quantitative estimate of drug-likeness (QED) is 0.856. The van der Waals surface area contributed by atoms with E-state index in [0.29, 0.717) is 42.4 Å². The van der Waals surface area contributed by atoms with E-state index in [1.165, 1.54) is 6.07 Å². The lowest BCUT2D eigenvalue weighted by Gasteiger charge is -2.32. The number of urea groups is 1. The van der Waals surface area contributed by atoms with Crippen LogP contribution in [0, 0.1) is 11.6 Å². The summed E-state index contributed by atoms with van der Waals surface area (Å²) in [6, 6.07) is 10.2. The van der Waals surface area contributed by atoms with Crippen LogP contribution in [-0.4, -0.2) is 30.1 Å². The molecule has 1 fully saturated rings. The molecule has 1 aliphatic rings. The van der Waals surface area contributed by atoms with E-state index in [1.807, 2.05) is 0 Å². The Bertz CT molecular complexity index is 747. The number of benzene rings is 2. The Balaban J connectivity index is 1.50. The van der Waals surface area contributed by atoms with Crippen molar-refractivity contribution in [2.45, 2.75) is 18.9 Å². The molecule has 0 spiro atoms. The molecule has 0 aromatic heterocycles. The van der Waals surface area contributed by atoms with Gasteiger partial charge in [0, 0.05) is 42.7 Å². The molecule has 0 bridgehead atoms. The van der Waals surface area contributed by atoms with Gasteiger partial charge in [0.15, 0.2) is 11.6 Å². The number of hydrogen-bond acceptors (Lipinski definition) is 2. The molecule has 2 aromatic carbocycles. The Labute approximate surface area is 149 Å². The van der Waals surface area contributed by atoms with Crippen LogP contribution in [0.3, 0.4) is 0 Å². The second kappa shape index (κ2) is 7.70. The van der Waals surface area contributed by atoms with E-state index < -0.39 is 11.6 Å². The maximum atomic E-state index is 13.2. The highest BCUT2D eigenvalue weighted by Gasteiger charge is 2.24. The van der Waals surface area contributed by atoms with Crippen molar-refractivity contribution in [1.29, 1.82) is 0 Å². The summed E-state index contributed by atoms with van der Waals surface area (Å²) in [5, 5.41) is 3.42. The molecule has 0 radical (unpaired) electrons. The van der Waals surface area contributed by atoms with Crippen molar-refractivity contribution in [1.82, 2.24) is 4.90 Å². The van der Waals surface area contributed by atoms with Crippen LogP contribution in [0.1, 0.15) is 12.8 Å². The van der Waals surface area contributed by atoms with Gasteiger partial charge in [-0.25, -0.2) is 13.6 Å². The fourth-order valence-electron chi connectivity index (χ4n) is 2.66. The summed E-state index contributed by atoms with van der Waals surface area (Å²) >= 11 is 5.82. The van der Waals surface area contributed by atoms with Crippen LogP contribution in [0.25, 0.3) is 0 Å². The van der Waals surface area contributed by atoms with Gasteiger partial charge in [0.2, 0.25) is 0 Å². The van der Waals surface area contributed by atoms with Gasteiger partial charge < -0.3 is 15.0 Å². The van der Waals surface area contributed by atoms with E-state index in [-0.39, 0.29) is 12.1 Å². The molecule has 7 heteroatoms. The van der Waals surface area contributed by atoms with Crippen LogP contribution in [0.5, 0.6) is 5.75 Å². The number of hydrogen-bond donors (Lipinski definition) is 1. The van der Waals surface area contributed by atoms with E-state index in [0.717, 1.165) is 12.1 Å². The second-order valence-electron chi connectivity index (χ2n) is 5.82. The molecular weight excluding hydrogens is 350 g/mol. The summed E-state index contributed by atoms with van der Waals surface area (Å²) in [4.78, 5) is 13.9. The van der Waals surface area contributed by atoms with Crippen molar-refractivity contribution in [2.24, 2.45) is 0 Å². The zero-order chi connectivity index (χ0) is 17.8. The predicted octanol–water partition coefficient (Wildman–Crippen LogP) is 4.69. The molecule has 2 aromatic rings. The maximum absolute atomic E-state index is 13.2. The van der Waals surface area contributed by atoms with E-state index in [1.54, 1.807) is 29.2 Å². The molecule has 0 unspecified atom stereocenters. The van der Waals surface area contributed by atoms with Gasteiger partial charge in [0.25, 0.3) is 0 Å². The molecule has 4 nitrogen and oxygen atoms in total. The molecule has 0 atom stereocenters. The van der Waals surface area contributed by atoms with Crippen molar-refractivity contribution < 1.29 is 18.3 Å². The summed E-state index contributed by atoms with van der Waals surface area (Å²) in [6.07, 6.45) is 1.10. The Hall–Kier alpha value is -2.34. The standard InChI is InChI=1S/C18H17ClF2N2O2/c19-12-1-3-13(4-2-12)22-18(24)23-9-7-14(8-10-23)25-15-5-6-16(20)17(21)11-15/h1-6,11,14H,7-10H2,(H,22,24). The SMILES string of the molecule is O=C(Nc1ccc(Cl)cc1)N1CCC(Oc2ccc(F)c(F)c2)CC1. The topological polar surface area (TPSA) is 41.6 Å². The highest BCUT2D eigenvalue weighted by molar-refractivity contribution is 6.30. The maximum Gasteiger partial charge on any atom is 0.321 e. The largest absolute Gasteiger partial charge is 0.490 e. The molecule has 0 saturated carbocycles. The Morgan fingerprint density at radius 2 is 1.76 bits per heavy atom.